The fourth-order valence-electron chi connectivity index (χ4n) is 1.50. The molecule has 0 aromatic carbocycles. The Morgan fingerprint density at radius 2 is 1.20 bits per heavy atom. The Morgan fingerprint density at radius 3 is 1.61 bits per heavy atom. The summed E-state index contributed by atoms with van der Waals surface area (Å²) in [6.07, 6.45) is 2.97. The Bertz CT molecular complexity index is 1590. The van der Waals surface area contributed by atoms with Crippen LogP contribution in [0.1, 0.15) is 6.92 Å². The molecule has 0 aliphatic carbocycles. The minimum absolute atomic E-state index is 0.0784. The summed E-state index contributed by atoms with van der Waals surface area (Å²) in [6.45, 7) is 1.65. The van der Waals surface area contributed by atoms with Gasteiger partial charge in [-0.25, -0.2) is 13.7 Å². The lowest BCUT2D eigenvalue weighted by atomic mass is 10.8. The van der Waals surface area contributed by atoms with Crippen LogP contribution in [0.15, 0.2) is 20.6 Å². The first kappa shape index (κ1) is 59.5. The number of hydrogen-bond donors (Lipinski definition) is 0. The van der Waals surface area contributed by atoms with Gasteiger partial charge in [0.15, 0.2) is 6.07 Å². The Labute approximate surface area is 342 Å². The van der Waals surface area contributed by atoms with Crippen LogP contribution in [-0.2, 0) is 54.9 Å². The molecule has 0 saturated carbocycles. The van der Waals surface area contributed by atoms with Crippen molar-refractivity contribution < 1.29 is 80.8 Å². The van der Waals surface area contributed by atoms with Crippen LogP contribution in [0.5, 0.6) is 0 Å². The lowest BCUT2D eigenvalue weighted by Gasteiger charge is -2.22. The molecule has 312 valence electrons. The predicted molar refractivity (Wildman–Crippen MR) is 191 cm³/mol. The fourth-order valence-corrected chi connectivity index (χ4v) is 6.00. The number of nitriles is 1. The highest BCUT2D eigenvalue weighted by molar-refractivity contribution is 7.54. The zero-order valence-corrected chi connectivity index (χ0v) is 35.7. The first-order valence-electron chi connectivity index (χ1n) is 12.1. The Morgan fingerprint density at radius 1 is 0.722 bits per heavy atom. The van der Waals surface area contributed by atoms with Crippen molar-refractivity contribution in [2.75, 3.05) is 50.6 Å². The third kappa shape index (κ3) is 40.5. The van der Waals surface area contributed by atoms with Gasteiger partial charge in [0, 0.05) is 29.6 Å². The molecule has 0 saturated heterocycles. The normalized spacial score (nSPS) is 15.8. The molecule has 0 amide bonds. The van der Waals surface area contributed by atoms with Crippen LogP contribution in [0, 0.1) is 34.8 Å². The summed E-state index contributed by atoms with van der Waals surface area (Å²) in [4.78, 5) is 0. The molecule has 0 N–H and O–H groups in total. The topological polar surface area (TPSA) is 219 Å². The molecule has 4 unspecified atom stereocenters. The molecule has 0 aliphatic heterocycles. The van der Waals surface area contributed by atoms with E-state index >= 15 is 0 Å². The van der Waals surface area contributed by atoms with E-state index < -0.39 is 52.9 Å². The van der Waals surface area contributed by atoms with Crippen LogP contribution in [0.25, 0.3) is 0 Å². The highest BCUT2D eigenvalue weighted by atomic mass is 35.5. The summed E-state index contributed by atoms with van der Waals surface area (Å²) < 4.78 is 149. The number of halogens is 14. The van der Waals surface area contributed by atoms with Gasteiger partial charge in [0.2, 0.25) is 0 Å². The van der Waals surface area contributed by atoms with E-state index in [0.717, 1.165) is 0 Å². The van der Waals surface area contributed by atoms with E-state index in [1.165, 1.54) is 23.9 Å². The molecular formula is C18H20Cl8F6N6O12P4. The van der Waals surface area contributed by atoms with Crippen molar-refractivity contribution >= 4 is 146 Å². The maximum Gasteiger partial charge on any atom is 0.658 e. The van der Waals surface area contributed by atoms with Crippen molar-refractivity contribution in [2.24, 2.45) is 20.6 Å². The van der Waals surface area contributed by atoms with E-state index in [2.05, 4.69) is 75.9 Å². The van der Waals surface area contributed by atoms with Crippen molar-refractivity contribution in [1.82, 2.24) is 4.67 Å². The number of alkyl halides is 3. The second-order valence-corrected chi connectivity index (χ2v) is 15.9. The van der Waals surface area contributed by atoms with Crippen LogP contribution >= 0.6 is 124 Å². The fraction of sp³-hybridized carbons (Fsp3) is 0.500. The van der Waals surface area contributed by atoms with E-state index in [0.29, 0.717) is 0 Å². The molecule has 0 radical (unpaired) electrons. The SMILES string of the molecule is CCOP(=O)(O/N=C(\F)Cl)N(C)CCCl.N#CC#COP(=O)(CCCl)O/N=C(\F)Cl.O=P(F)(OC#CCl)O/N=C(\F)Cl.O=P(F)(OCCCl)O/N=C(\F)Cl. The largest absolute Gasteiger partial charge is 0.658 e. The summed E-state index contributed by atoms with van der Waals surface area (Å²) in [5.41, 5.74) is -6.01. The van der Waals surface area contributed by atoms with Gasteiger partial charge in [-0.15, -0.1) is 43.2 Å². The molecule has 0 aromatic heterocycles. The van der Waals surface area contributed by atoms with Gasteiger partial charge >= 0.3 is 52.9 Å². The number of nitrogens with zero attached hydrogens (tertiary/aromatic N) is 6. The zero-order valence-electron chi connectivity index (χ0n) is 26.1. The molecular weight excluding hydrogens is 1010 g/mol. The second kappa shape index (κ2) is 35.0. The van der Waals surface area contributed by atoms with E-state index in [-0.39, 0.29) is 43.6 Å². The van der Waals surface area contributed by atoms with Gasteiger partial charge in [-0.1, -0.05) is 0 Å². The predicted octanol–water partition coefficient (Wildman–Crippen LogP) is 10.8. The second-order valence-electron chi connectivity index (χ2n) is 6.74. The van der Waals surface area contributed by atoms with Crippen LogP contribution < -0.4 is 0 Å². The quantitative estimate of drug-likeness (QED) is 0.0277. The molecule has 0 bridgehead atoms. The standard InChI is InChI=1S/C6H12Cl2FN2O3P.C6H4Cl2FN2O3P.C3H4Cl2F2NO3P.C3Cl2F2NO3P/c1-3-13-15(12,11(2)5-4-7)14-10-6(8)9;7-2-5-15(12,13-4-1-3-10)14-11-6(8)9;2*4-1-2-10-12(7,9)11-8-3(5)6/h3-5H2,1-2H3;2,5H2;1-2H2;/b10-6-;11-6-;2*8-3-. The zero-order chi connectivity index (χ0) is 42.9. The third-order valence-electron chi connectivity index (χ3n) is 3.15. The van der Waals surface area contributed by atoms with Gasteiger partial charge < -0.3 is 13.7 Å². The molecule has 36 heteroatoms. The summed E-state index contributed by atoms with van der Waals surface area (Å²) in [6, 6.07) is 1.42. The van der Waals surface area contributed by atoms with Gasteiger partial charge in [0.25, 0.3) is 0 Å². The summed E-state index contributed by atoms with van der Waals surface area (Å²) >= 11 is 39.0. The van der Waals surface area contributed by atoms with Gasteiger partial charge in [-0.05, 0) is 92.6 Å². The highest BCUT2D eigenvalue weighted by Gasteiger charge is 2.32. The molecule has 0 fully saturated rings. The van der Waals surface area contributed by atoms with Crippen LogP contribution in [0.3, 0.4) is 0 Å². The van der Waals surface area contributed by atoms with Crippen LogP contribution in [-0.4, -0.2) is 77.0 Å². The molecule has 54 heavy (non-hydrogen) atoms. The van der Waals surface area contributed by atoms with E-state index in [1.54, 1.807) is 18.4 Å². The Balaban J connectivity index is -0.000000310. The van der Waals surface area contributed by atoms with Crippen LogP contribution in [0.2, 0.25) is 0 Å². The van der Waals surface area contributed by atoms with E-state index in [4.69, 9.17) is 79.4 Å². The summed E-state index contributed by atoms with van der Waals surface area (Å²) in [5, 5.41) is 19.4. The minimum atomic E-state index is -5.03. The molecule has 0 aliphatic rings. The Hall–Kier alpha value is -1.21. The monoisotopic (exact) mass is 1030 g/mol. The van der Waals surface area contributed by atoms with Crippen molar-refractivity contribution in [3.8, 4) is 29.6 Å². The van der Waals surface area contributed by atoms with Gasteiger partial charge in [-0.2, -0.15) is 32.1 Å². The molecule has 0 spiro atoms. The number of oxime groups is 4. The van der Waals surface area contributed by atoms with E-state index in [1.807, 2.05) is 5.92 Å². The molecule has 0 aromatic rings. The number of rotatable bonds is 20. The third-order valence-corrected chi connectivity index (χ3v) is 9.01. The van der Waals surface area contributed by atoms with Crippen molar-refractivity contribution in [3.05, 3.63) is 0 Å². The van der Waals surface area contributed by atoms with Crippen molar-refractivity contribution in [2.45, 2.75) is 6.92 Å². The molecule has 18 nitrogen and oxygen atoms in total. The first-order chi connectivity index (χ1) is 25.0. The first-order valence-corrected chi connectivity index (χ1v) is 21.7. The average Bonchev–Trinajstić information content (AvgIpc) is 3.08. The Kier molecular flexibility index (Phi) is 38.5. The lowest BCUT2D eigenvalue weighted by molar-refractivity contribution is 0.176. The summed E-state index contributed by atoms with van der Waals surface area (Å²) in [7, 11) is -15.8. The molecule has 0 rings (SSSR count). The lowest BCUT2D eigenvalue weighted by Crippen LogP contribution is -2.20. The highest BCUT2D eigenvalue weighted by Crippen LogP contribution is 2.52. The minimum Gasteiger partial charge on any atom is -0.360 e. The van der Waals surface area contributed by atoms with Crippen LogP contribution in [0.4, 0.5) is 26.0 Å². The molecule has 4 atom stereocenters. The molecule has 0 heterocycles. The maximum absolute atomic E-state index is 12.4. The van der Waals surface area contributed by atoms with Gasteiger partial charge in [0.05, 0.1) is 25.3 Å². The maximum atomic E-state index is 12.4. The smallest absolute Gasteiger partial charge is 0.360 e. The van der Waals surface area contributed by atoms with Crippen molar-refractivity contribution in [3.63, 3.8) is 0 Å². The average molecular weight is 1030 g/mol. The van der Waals surface area contributed by atoms with Gasteiger partial charge in [0.1, 0.15) is 12.2 Å². The summed E-state index contributed by atoms with van der Waals surface area (Å²) in [5.74, 6) is 1.88. The number of hydrogen-bond acceptors (Lipinski definition) is 17. The van der Waals surface area contributed by atoms with Gasteiger partial charge in [-0.3, -0.25) is 22.9 Å². The van der Waals surface area contributed by atoms with Crippen molar-refractivity contribution in [1.29, 1.82) is 5.26 Å². The van der Waals surface area contributed by atoms with E-state index in [9.17, 15) is 44.2 Å².